The first-order chi connectivity index (χ1) is 69.2. The molecule has 0 aromatic carbocycles. The maximum atomic E-state index is 12.8. The first kappa shape index (κ1) is 93.1. The summed E-state index contributed by atoms with van der Waals surface area (Å²) in [5.74, 6) is 1.74. The predicted octanol–water partition coefficient (Wildman–Crippen LogP) is 13.6. The van der Waals surface area contributed by atoms with Crippen LogP contribution in [0.25, 0.3) is 140 Å². The number of aromatic nitrogens is 19. The molecule has 25 heterocycles. The molecule has 0 radical (unpaired) electrons. The Morgan fingerprint density at radius 3 is 1.13 bits per heavy atom. The molecule has 20 aromatic heterocycles. The number of hydrogen-bond acceptors (Lipinski definition) is 28. The van der Waals surface area contributed by atoms with E-state index in [4.69, 9.17) is 13.3 Å². The highest BCUT2D eigenvalue weighted by atomic mass is 16.3. The zero-order valence-corrected chi connectivity index (χ0v) is 81.9. The number of fused-ring (bicyclic) bond motifs is 10. The molecule has 5 aliphatic rings. The van der Waals surface area contributed by atoms with Gasteiger partial charge in [-0.05, 0) is 227 Å². The van der Waals surface area contributed by atoms with Gasteiger partial charge in [0.1, 0.15) is 56.7 Å². The zero-order valence-electron chi connectivity index (χ0n) is 81.9. The summed E-state index contributed by atoms with van der Waals surface area (Å²) in [6, 6.07) is 43.3. The van der Waals surface area contributed by atoms with Gasteiger partial charge in [0.25, 0.3) is 27.8 Å². The molecule has 0 aliphatic carbocycles. The summed E-state index contributed by atoms with van der Waals surface area (Å²) in [7, 11) is 4.24. The van der Waals surface area contributed by atoms with E-state index in [0.717, 1.165) is 235 Å². The Morgan fingerprint density at radius 2 is 0.734 bits per heavy atom. The zero-order chi connectivity index (χ0) is 98.7. The van der Waals surface area contributed by atoms with Gasteiger partial charge in [-0.1, -0.05) is 19.1 Å². The maximum Gasteiger partial charge on any atom is 0.258 e. The van der Waals surface area contributed by atoms with Crippen LogP contribution in [0.3, 0.4) is 0 Å². The average Bonchev–Trinajstić information content (AvgIpc) is 1.47. The molecule has 20 aromatic rings. The predicted molar refractivity (Wildman–Crippen MR) is 557 cm³/mol. The Hall–Kier alpha value is -16.2. The highest BCUT2D eigenvalue weighted by Gasteiger charge is 2.25. The van der Waals surface area contributed by atoms with Crippen molar-refractivity contribution in [2.75, 3.05) is 134 Å². The van der Waals surface area contributed by atoms with Crippen molar-refractivity contribution >= 4 is 100 Å². The SMILES string of the molecule is CCN1CC=C(c2ccc3nc(-c4cc5cnc(C)cn5n4)cc(=O)n3c2)CC1.Cc1cc2cc(-c3cc(=O)n4cc(N5CCN(C)CC5)ccc4n3)oc2c(C)n1.Cc1cc2cc(-c3cc(=O)n4cc(N5CCNCC5)ccc4n3)oc2c(C)n1.Cc1cc2cc(-c3cc(=O)n4cc(N5CCN[C@@H](C)C5)ccc4n3)oc2c(C)n1.Cc1cn2nc(-c3cc(=O)n4cc(C5=CCN(C)CC5)ccc4n3)cc2cn1. The van der Waals surface area contributed by atoms with E-state index in [0.29, 0.717) is 91.4 Å². The van der Waals surface area contributed by atoms with Crippen LogP contribution in [0, 0.1) is 55.4 Å². The Kier molecular flexibility index (Phi) is 25.5. The van der Waals surface area contributed by atoms with Crippen LogP contribution >= 0.6 is 0 Å². The molecule has 0 saturated carbocycles. The fourth-order valence-electron chi connectivity index (χ4n) is 19.2. The van der Waals surface area contributed by atoms with Crippen molar-refractivity contribution in [2.45, 2.75) is 88.1 Å². The summed E-state index contributed by atoms with van der Waals surface area (Å²) in [6.45, 7) is 35.3. The number of nitrogens with zero attached hydrogens (tertiary/aromatic N) is 25. The second kappa shape index (κ2) is 39.1. The summed E-state index contributed by atoms with van der Waals surface area (Å²) < 4.78 is 29.5. The van der Waals surface area contributed by atoms with Gasteiger partial charge in [-0.15, -0.1) is 0 Å². The van der Waals surface area contributed by atoms with Crippen molar-refractivity contribution in [2.24, 2.45) is 0 Å². The number of aryl methyl sites for hydroxylation is 8. The van der Waals surface area contributed by atoms with Crippen LogP contribution < -0.4 is 53.1 Å². The van der Waals surface area contributed by atoms with Gasteiger partial charge < -0.3 is 48.4 Å². The third kappa shape index (κ3) is 19.7. The minimum Gasteiger partial charge on any atom is -0.453 e. The van der Waals surface area contributed by atoms with Crippen molar-refractivity contribution in [1.82, 2.24) is 116 Å². The monoisotopic (exact) mass is 1910 g/mol. The van der Waals surface area contributed by atoms with E-state index in [1.54, 1.807) is 55.6 Å². The smallest absolute Gasteiger partial charge is 0.258 e. The number of nitrogens with one attached hydrogen (secondary N) is 2. The van der Waals surface area contributed by atoms with Gasteiger partial charge in [0.05, 0.1) is 92.7 Å². The van der Waals surface area contributed by atoms with Crippen LogP contribution in [0.2, 0.25) is 0 Å². The quantitative estimate of drug-likeness (QED) is 0.121. The van der Waals surface area contributed by atoms with Gasteiger partial charge in [-0.3, -0.25) is 75.8 Å². The Bertz CT molecular complexity index is 8780. The standard InChI is InChI=1S/C22H22N6O.2C22H23N5O2.C21H20N6O.C21H21N5O2/c1-3-26-8-6-16(7-9-26)17-4-5-21-24-19(11-22(29)27(21)14-17)20-10-18-12-23-15(2)13-28(18)25-20;1-14-10-16-11-19(29-22(16)15(2)23-14)18-12-21(28)27-13-17(4-5-20(27)24-18)26-8-6-25(3)7-9-26;1-13-8-16-9-19(29-22(16)15(3)24-13)18-10-21(28)27-12-17(4-5-20(27)25-18)26-7-6-23-14(2)11-26;1-14-12-27-17(11-22-14)9-19(24-27)18-10-21(28)26-13-16(3-4-20(26)23-18)15-5-7-25(2)8-6-15;1-13-9-15-10-18(28-21(15)14(2)23-13)17-11-20(27)26-12-16(3-4-19(26)24-17)25-7-5-22-6-8-25/h4-6,10-14H,3,7-9H2,1-2H3;4-5,10-13H,6-9H2,1-3H3;4-5,8-10,12,14,23H,6-7,11H2,1-3H3;3-5,9-13H,6-8H2,1-2H3;3-4,9-12,22H,5-8H2,1-2H3/t;;14-;;/m..0../s1. The first-order valence-electron chi connectivity index (χ1n) is 48.4. The largest absolute Gasteiger partial charge is 0.453 e. The van der Waals surface area contributed by atoms with Crippen LogP contribution in [-0.4, -0.2) is 231 Å². The highest BCUT2D eigenvalue weighted by molar-refractivity contribution is 5.87. The summed E-state index contributed by atoms with van der Waals surface area (Å²) >= 11 is 0. The van der Waals surface area contributed by atoms with Crippen molar-refractivity contribution in [3.63, 3.8) is 0 Å². The molecule has 2 N–H and O–H groups in total. The van der Waals surface area contributed by atoms with Crippen LogP contribution in [0.15, 0.2) is 245 Å². The van der Waals surface area contributed by atoms with Crippen LogP contribution in [0.5, 0.6) is 0 Å². The van der Waals surface area contributed by atoms with Gasteiger partial charge in [0, 0.05) is 199 Å². The molecule has 0 unspecified atom stereocenters. The van der Waals surface area contributed by atoms with Gasteiger partial charge in [0.2, 0.25) is 0 Å². The van der Waals surface area contributed by atoms with E-state index in [9.17, 15) is 24.0 Å². The number of pyridine rings is 8. The molecule has 3 saturated heterocycles. The topological polar surface area (TPSA) is 354 Å². The van der Waals surface area contributed by atoms with Crippen molar-refractivity contribution in [3.05, 3.63) is 316 Å². The Balaban J connectivity index is 0.000000106. The van der Waals surface area contributed by atoms with Crippen LogP contribution in [0.4, 0.5) is 17.1 Å². The van der Waals surface area contributed by atoms with Gasteiger partial charge in [0.15, 0.2) is 34.0 Å². The molecular weight excluding hydrogens is 1800 g/mol. The van der Waals surface area contributed by atoms with Gasteiger partial charge >= 0.3 is 0 Å². The molecule has 25 rings (SSSR count). The van der Waals surface area contributed by atoms with E-state index in [1.807, 2.05) is 202 Å². The van der Waals surface area contributed by atoms with Crippen molar-refractivity contribution < 1.29 is 13.3 Å². The molecule has 724 valence electrons. The van der Waals surface area contributed by atoms with E-state index in [1.165, 1.54) is 29.3 Å². The third-order valence-corrected chi connectivity index (χ3v) is 26.9. The molecule has 0 spiro atoms. The van der Waals surface area contributed by atoms with E-state index >= 15 is 0 Å². The molecule has 1 atom stereocenters. The number of anilines is 3. The fraction of sp³-hybridized carbons (Fsp3) is 0.287. The molecule has 35 heteroatoms. The summed E-state index contributed by atoms with van der Waals surface area (Å²) in [4.78, 5) is 123. The number of rotatable bonds is 11. The third-order valence-electron chi connectivity index (χ3n) is 26.9. The van der Waals surface area contributed by atoms with Crippen molar-refractivity contribution in [3.8, 4) is 57.1 Å². The second-order valence-corrected chi connectivity index (χ2v) is 37.5. The average molecular weight is 1910 g/mol. The molecular formula is C108H109N27O8. The molecule has 143 heavy (non-hydrogen) atoms. The highest BCUT2D eigenvalue weighted by Crippen LogP contribution is 2.35. The number of hydrogen-bond donors (Lipinski definition) is 2. The lowest BCUT2D eigenvalue weighted by atomic mass is 10.0. The first-order valence-corrected chi connectivity index (χ1v) is 48.4. The Labute approximate surface area is 820 Å². The summed E-state index contributed by atoms with van der Waals surface area (Å²) in [5, 5.41) is 18.8. The second-order valence-electron chi connectivity index (χ2n) is 37.5. The summed E-state index contributed by atoms with van der Waals surface area (Å²) in [6.07, 6.45) is 23.1. The normalized spacial score (nSPS) is 15.6. The maximum absolute atomic E-state index is 12.8. The fourth-order valence-corrected chi connectivity index (χ4v) is 19.2. The minimum absolute atomic E-state index is 0.107. The van der Waals surface area contributed by atoms with Gasteiger partial charge in [-0.2, -0.15) is 10.2 Å². The molecule has 35 nitrogen and oxygen atoms in total. The van der Waals surface area contributed by atoms with Gasteiger partial charge in [-0.25, -0.2) is 34.0 Å². The molecule has 0 bridgehead atoms. The molecule has 5 aliphatic heterocycles. The van der Waals surface area contributed by atoms with Crippen LogP contribution in [0.1, 0.15) is 83.4 Å². The van der Waals surface area contributed by atoms with Crippen molar-refractivity contribution in [1.29, 1.82) is 0 Å². The lowest BCUT2D eigenvalue weighted by Crippen LogP contribution is -2.49. The number of piperazine rings is 3. The van der Waals surface area contributed by atoms with E-state index in [2.05, 4.69) is 146 Å². The minimum atomic E-state index is -0.124. The van der Waals surface area contributed by atoms with Crippen LogP contribution in [-0.2, 0) is 0 Å². The molecule has 0 amide bonds. The lowest BCUT2D eigenvalue weighted by molar-refractivity contribution is 0.313. The lowest BCUT2D eigenvalue weighted by Gasteiger charge is -2.34. The summed E-state index contributed by atoms with van der Waals surface area (Å²) in [5.41, 5.74) is 25.4. The van der Waals surface area contributed by atoms with E-state index in [-0.39, 0.29) is 27.8 Å². The van der Waals surface area contributed by atoms with E-state index < -0.39 is 0 Å². The Morgan fingerprint density at radius 1 is 0.357 bits per heavy atom. The molecule has 3 fully saturated rings. The number of likely N-dealkylation sites (N-methyl/N-ethyl adjacent to an activating group) is 3. The number of furan rings is 3.